The highest BCUT2D eigenvalue weighted by molar-refractivity contribution is 6.00. The van der Waals surface area contributed by atoms with E-state index in [0.717, 1.165) is 0 Å². The predicted octanol–water partition coefficient (Wildman–Crippen LogP) is 1.44. The van der Waals surface area contributed by atoms with Gasteiger partial charge in [-0.15, -0.1) is 0 Å². The van der Waals surface area contributed by atoms with E-state index in [0.29, 0.717) is 31.1 Å². The van der Waals surface area contributed by atoms with Crippen LogP contribution in [0.4, 0.5) is 5.69 Å². The van der Waals surface area contributed by atoms with E-state index in [2.05, 4.69) is 0 Å². The highest BCUT2D eigenvalue weighted by Crippen LogP contribution is 2.31. The lowest BCUT2D eigenvalue weighted by Gasteiger charge is -2.36. The van der Waals surface area contributed by atoms with Crippen LogP contribution >= 0.6 is 0 Å². The van der Waals surface area contributed by atoms with Crippen molar-refractivity contribution < 1.29 is 19.1 Å². The summed E-state index contributed by atoms with van der Waals surface area (Å²) >= 11 is 0. The van der Waals surface area contributed by atoms with Crippen LogP contribution in [0.15, 0.2) is 24.3 Å². The molecule has 6 heteroatoms. The Morgan fingerprint density at radius 1 is 1.22 bits per heavy atom. The summed E-state index contributed by atoms with van der Waals surface area (Å²) in [6.45, 7) is 5.41. The zero-order chi connectivity index (χ0) is 16.4. The van der Waals surface area contributed by atoms with Gasteiger partial charge in [-0.05, 0) is 26.0 Å². The zero-order valence-electron chi connectivity index (χ0n) is 13.5. The molecular weight excluding hydrogens is 296 g/mol. The highest BCUT2D eigenvalue weighted by atomic mass is 16.5. The molecule has 0 bridgehead atoms. The Morgan fingerprint density at radius 2 is 1.91 bits per heavy atom. The Hall–Kier alpha value is -2.08. The number of anilines is 1. The summed E-state index contributed by atoms with van der Waals surface area (Å²) in [5.41, 5.74) is 0.665. The summed E-state index contributed by atoms with van der Waals surface area (Å²) in [4.78, 5) is 28.4. The smallest absolute Gasteiger partial charge is 0.242 e. The lowest BCUT2D eigenvalue weighted by molar-refractivity contribution is -0.142. The third-order valence-electron chi connectivity index (χ3n) is 4.10. The molecule has 2 atom stereocenters. The molecule has 1 aromatic carbocycles. The molecule has 1 aromatic rings. The summed E-state index contributed by atoms with van der Waals surface area (Å²) in [6, 6.07) is 7.35. The van der Waals surface area contributed by atoms with Gasteiger partial charge in [0.2, 0.25) is 11.8 Å². The van der Waals surface area contributed by atoms with E-state index in [1.807, 2.05) is 38.1 Å². The van der Waals surface area contributed by atoms with Crippen molar-refractivity contribution in [2.45, 2.75) is 32.5 Å². The molecule has 0 aromatic heterocycles. The van der Waals surface area contributed by atoms with E-state index in [1.54, 1.807) is 4.90 Å². The van der Waals surface area contributed by atoms with Crippen LogP contribution in [-0.2, 0) is 14.3 Å². The van der Waals surface area contributed by atoms with Gasteiger partial charge < -0.3 is 14.4 Å². The lowest BCUT2D eigenvalue weighted by atomic mass is 10.2. The van der Waals surface area contributed by atoms with Gasteiger partial charge in [-0.3, -0.25) is 14.5 Å². The van der Waals surface area contributed by atoms with Crippen LogP contribution in [0.5, 0.6) is 5.75 Å². The minimum Gasteiger partial charge on any atom is -0.491 e. The number of benzene rings is 1. The van der Waals surface area contributed by atoms with Crippen LogP contribution in [0, 0.1) is 0 Å². The number of amides is 2. The van der Waals surface area contributed by atoms with Crippen LogP contribution in [0.25, 0.3) is 0 Å². The van der Waals surface area contributed by atoms with Crippen LogP contribution in [0.2, 0.25) is 0 Å². The van der Waals surface area contributed by atoms with Gasteiger partial charge in [0.25, 0.3) is 0 Å². The van der Waals surface area contributed by atoms with E-state index in [-0.39, 0.29) is 37.0 Å². The number of hydrogen-bond acceptors (Lipinski definition) is 4. The Bertz CT molecular complexity index is 594. The van der Waals surface area contributed by atoms with Crippen LogP contribution in [0.1, 0.15) is 20.3 Å². The number of carbonyl (C=O) groups excluding carboxylic acids is 2. The molecule has 1 fully saturated rings. The van der Waals surface area contributed by atoms with Crippen molar-refractivity contribution in [2.24, 2.45) is 0 Å². The van der Waals surface area contributed by atoms with Gasteiger partial charge in [0.05, 0.1) is 30.9 Å². The fourth-order valence-electron chi connectivity index (χ4n) is 3.11. The van der Waals surface area contributed by atoms with E-state index in [9.17, 15) is 9.59 Å². The third-order valence-corrected chi connectivity index (χ3v) is 4.10. The van der Waals surface area contributed by atoms with E-state index in [4.69, 9.17) is 9.47 Å². The third kappa shape index (κ3) is 3.47. The molecule has 23 heavy (non-hydrogen) atoms. The lowest BCUT2D eigenvalue weighted by Crippen LogP contribution is -2.51. The summed E-state index contributed by atoms with van der Waals surface area (Å²) in [5.74, 6) is 0.504. The average Bonchev–Trinajstić information content (AvgIpc) is 2.66. The van der Waals surface area contributed by atoms with Gasteiger partial charge in [0.15, 0.2) is 0 Å². The second kappa shape index (κ2) is 6.58. The number of ether oxygens (including phenoxy) is 2. The first kappa shape index (κ1) is 15.8. The maximum Gasteiger partial charge on any atom is 0.242 e. The maximum atomic E-state index is 12.7. The molecule has 2 aliphatic rings. The monoisotopic (exact) mass is 318 g/mol. The molecule has 0 radical (unpaired) electrons. The fourth-order valence-corrected chi connectivity index (χ4v) is 3.11. The van der Waals surface area contributed by atoms with Crippen molar-refractivity contribution in [3.8, 4) is 5.75 Å². The minimum absolute atomic E-state index is 0.0122. The number of rotatable bonds is 2. The van der Waals surface area contributed by atoms with Crippen molar-refractivity contribution in [3.63, 3.8) is 0 Å². The average molecular weight is 318 g/mol. The second-order valence-electron chi connectivity index (χ2n) is 6.10. The Morgan fingerprint density at radius 3 is 2.65 bits per heavy atom. The molecule has 2 heterocycles. The first-order valence-corrected chi connectivity index (χ1v) is 8.00. The van der Waals surface area contributed by atoms with Gasteiger partial charge >= 0.3 is 0 Å². The fraction of sp³-hybridized carbons (Fsp3) is 0.529. The summed E-state index contributed by atoms with van der Waals surface area (Å²) in [5, 5.41) is 0. The number of morpholine rings is 1. The highest BCUT2D eigenvalue weighted by Gasteiger charge is 2.30. The maximum absolute atomic E-state index is 12.7. The number of nitrogens with zero attached hydrogens (tertiary/aromatic N) is 2. The van der Waals surface area contributed by atoms with Gasteiger partial charge in [-0.1, -0.05) is 12.1 Å². The molecule has 2 amide bonds. The van der Waals surface area contributed by atoms with Crippen molar-refractivity contribution in [2.75, 3.05) is 31.1 Å². The first-order chi connectivity index (χ1) is 11.0. The zero-order valence-corrected chi connectivity index (χ0v) is 13.5. The van der Waals surface area contributed by atoms with Crippen molar-refractivity contribution in [1.82, 2.24) is 4.90 Å². The number of hydrogen-bond donors (Lipinski definition) is 0. The summed E-state index contributed by atoms with van der Waals surface area (Å²) in [7, 11) is 0. The van der Waals surface area contributed by atoms with E-state index < -0.39 is 0 Å². The summed E-state index contributed by atoms with van der Waals surface area (Å²) < 4.78 is 11.3. The standard InChI is InChI=1S/C17H22N2O4/c1-12-9-18(10-13(2)23-12)17(21)11-19-14-5-3-4-6-15(14)22-8-7-16(19)20/h3-6,12-13H,7-11H2,1-2H3/t12-,13+. The Kier molecular flexibility index (Phi) is 4.52. The molecule has 1 saturated heterocycles. The van der Waals surface area contributed by atoms with Gasteiger partial charge in [0, 0.05) is 13.1 Å². The molecule has 3 rings (SSSR count). The van der Waals surface area contributed by atoms with Crippen LogP contribution in [-0.4, -0.2) is 55.2 Å². The Labute approximate surface area is 136 Å². The minimum atomic E-state index is -0.0855. The molecular formula is C17H22N2O4. The Balaban J connectivity index is 1.78. The predicted molar refractivity (Wildman–Crippen MR) is 85.5 cm³/mol. The normalized spacial score (nSPS) is 24.7. The molecule has 0 N–H and O–H groups in total. The van der Waals surface area contributed by atoms with Gasteiger partial charge in [-0.25, -0.2) is 0 Å². The van der Waals surface area contributed by atoms with Crippen molar-refractivity contribution in [1.29, 1.82) is 0 Å². The number of para-hydroxylation sites is 2. The quantitative estimate of drug-likeness (QED) is 0.828. The second-order valence-corrected chi connectivity index (χ2v) is 6.10. The molecule has 124 valence electrons. The molecule has 0 aliphatic carbocycles. The van der Waals surface area contributed by atoms with Crippen LogP contribution < -0.4 is 9.64 Å². The topological polar surface area (TPSA) is 59.1 Å². The number of fused-ring (bicyclic) bond motifs is 1. The SMILES string of the molecule is C[C@@H]1CN(C(=O)CN2C(=O)CCOc3ccccc32)C[C@H](C)O1. The van der Waals surface area contributed by atoms with Gasteiger partial charge in [0.1, 0.15) is 12.3 Å². The van der Waals surface area contributed by atoms with E-state index in [1.165, 1.54) is 4.90 Å². The molecule has 0 saturated carbocycles. The van der Waals surface area contributed by atoms with E-state index >= 15 is 0 Å². The van der Waals surface area contributed by atoms with Crippen molar-refractivity contribution in [3.05, 3.63) is 24.3 Å². The van der Waals surface area contributed by atoms with Crippen molar-refractivity contribution >= 4 is 17.5 Å². The molecule has 2 aliphatic heterocycles. The molecule has 6 nitrogen and oxygen atoms in total. The van der Waals surface area contributed by atoms with Crippen LogP contribution in [0.3, 0.4) is 0 Å². The molecule has 0 spiro atoms. The largest absolute Gasteiger partial charge is 0.491 e. The number of carbonyl (C=O) groups is 2. The van der Waals surface area contributed by atoms with Gasteiger partial charge in [-0.2, -0.15) is 0 Å². The first-order valence-electron chi connectivity index (χ1n) is 8.00. The summed E-state index contributed by atoms with van der Waals surface area (Å²) in [6.07, 6.45) is 0.300. The molecule has 0 unspecified atom stereocenters.